The van der Waals surface area contributed by atoms with E-state index in [-0.39, 0.29) is 6.04 Å². The van der Waals surface area contributed by atoms with Crippen molar-refractivity contribution in [1.29, 1.82) is 0 Å². The number of rotatable bonds is 3. The topological polar surface area (TPSA) is 68.0 Å². The van der Waals surface area contributed by atoms with Crippen LogP contribution in [0.4, 0.5) is 11.5 Å². The van der Waals surface area contributed by atoms with E-state index in [9.17, 15) is 0 Å². The van der Waals surface area contributed by atoms with Crippen molar-refractivity contribution in [3.05, 3.63) is 76.6 Å². The molecule has 0 aliphatic carbocycles. The number of anilines is 1. The van der Waals surface area contributed by atoms with Crippen LogP contribution in [0.5, 0.6) is 0 Å². The van der Waals surface area contributed by atoms with E-state index in [1.807, 2.05) is 48.3 Å². The lowest BCUT2D eigenvalue weighted by Gasteiger charge is -2.22. The lowest BCUT2D eigenvalue weighted by molar-refractivity contribution is 0.539. The molecule has 2 aromatic heterocycles. The maximum Gasteiger partial charge on any atom is 0.155 e. The van der Waals surface area contributed by atoms with E-state index in [1.165, 1.54) is 27.8 Å². The molecule has 0 saturated heterocycles. The number of fused-ring (bicyclic) bond motifs is 4. The second-order valence-corrected chi connectivity index (χ2v) is 8.65. The molecule has 0 saturated carbocycles. The number of nitrogens with zero attached hydrogens (tertiary/aromatic N) is 5. The Balaban J connectivity index is 1.49. The quantitative estimate of drug-likeness (QED) is 0.438. The van der Waals surface area contributed by atoms with Gasteiger partial charge in [-0.2, -0.15) is 0 Å². The first-order valence-corrected chi connectivity index (χ1v) is 11.1. The standard InChI is InChI=1S/C25H21ClN6/c1-15-24-20-7-2-16(19-8-11-27-25-21(19)9-12-28-25)14-22(20)23(10-13-32(24)31-30-15)29-18-5-3-17(26)4-6-18/h2-8,11-12,14,23,29H,9-10,13H2,1H3. The Hall–Kier alpha value is -3.51. The molecule has 32 heavy (non-hydrogen) atoms. The number of nitrogens with one attached hydrogen (secondary N) is 1. The molecule has 6 nitrogen and oxygen atoms in total. The Kier molecular flexibility index (Phi) is 4.54. The van der Waals surface area contributed by atoms with Gasteiger partial charge in [-0.15, -0.1) is 5.10 Å². The third-order valence-electron chi connectivity index (χ3n) is 6.25. The molecule has 4 aromatic rings. The van der Waals surface area contributed by atoms with Gasteiger partial charge in [-0.05, 0) is 66.4 Å². The summed E-state index contributed by atoms with van der Waals surface area (Å²) in [5, 5.41) is 13.2. The summed E-state index contributed by atoms with van der Waals surface area (Å²) in [4.78, 5) is 8.84. The van der Waals surface area contributed by atoms with Crippen LogP contribution in [0.3, 0.4) is 0 Å². The first-order chi connectivity index (χ1) is 15.7. The minimum atomic E-state index is 0.123. The largest absolute Gasteiger partial charge is 0.378 e. The average Bonchev–Trinajstić information content (AvgIpc) is 3.40. The summed E-state index contributed by atoms with van der Waals surface area (Å²) in [7, 11) is 0. The van der Waals surface area contributed by atoms with E-state index in [0.717, 1.165) is 47.3 Å². The van der Waals surface area contributed by atoms with E-state index in [1.54, 1.807) is 0 Å². The molecule has 0 fully saturated rings. The van der Waals surface area contributed by atoms with Crippen LogP contribution in [-0.4, -0.2) is 26.2 Å². The molecule has 4 heterocycles. The molecule has 1 atom stereocenters. The molecular weight excluding hydrogens is 420 g/mol. The van der Waals surface area contributed by atoms with E-state index in [4.69, 9.17) is 11.6 Å². The van der Waals surface area contributed by atoms with Gasteiger partial charge in [0.15, 0.2) is 5.82 Å². The molecule has 7 heteroatoms. The lowest BCUT2D eigenvalue weighted by Crippen LogP contribution is -2.12. The Bertz CT molecular complexity index is 1360. The minimum Gasteiger partial charge on any atom is -0.378 e. The molecule has 1 N–H and O–H groups in total. The maximum absolute atomic E-state index is 6.10. The van der Waals surface area contributed by atoms with Crippen molar-refractivity contribution in [3.8, 4) is 22.4 Å². The molecule has 2 aliphatic heterocycles. The van der Waals surface area contributed by atoms with Crippen LogP contribution in [0.15, 0.2) is 59.7 Å². The highest BCUT2D eigenvalue weighted by molar-refractivity contribution is 6.30. The minimum absolute atomic E-state index is 0.123. The summed E-state index contributed by atoms with van der Waals surface area (Å²) in [6.45, 7) is 2.82. The molecule has 0 amide bonds. The summed E-state index contributed by atoms with van der Waals surface area (Å²) < 4.78 is 2.02. The van der Waals surface area contributed by atoms with Crippen LogP contribution in [0, 0.1) is 6.92 Å². The highest BCUT2D eigenvalue weighted by Gasteiger charge is 2.26. The zero-order valence-electron chi connectivity index (χ0n) is 17.6. The maximum atomic E-state index is 6.10. The van der Waals surface area contributed by atoms with Crippen molar-refractivity contribution in [2.24, 2.45) is 4.99 Å². The zero-order valence-corrected chi connectivity index (χ0v) is 18.3. The lowest BCUT2D eigenvalue weighted by atomic mass is 9.91. The predicted octanol–water partition coefficient (Wildman–Crippen LogP) is 5.78. The summed E-state index contributed by atoms with van der Waals surface area (Å²) in [6, 6.07) is 16.8. The normalized spacial score (nSPS) is 16.2. The van der Waals surface area contributed by atoms with Crippen molar-refractivity contribution in [3.63, 3.8) is 0 Å². The SMILES string of the molecule is Cc1nnn2c1-c1ccc(-c3ccnc4c3CC=N4)cc1C(Nc1ccc(Cl)cc1)CC2. The van der Waals surface area contributed by atoms with E-state index in [0.29, 0.717) is 0 Å². The number of hydrogen-bond donors (Lipinski definition) is 1. The monoisotopic (exact) mass is 440 g/mol. The number of halogens is 1. The van der Waals surface area contributed by atoms with Gasteiger partial charge in [0, 0.05) is 47.2 Å². The van der Waals surface area contributed by atoms with E-state index in [2.05, 4.69) is 49.9 Å². The van der Waals surface area contributed by atoms with Crippen LogP contribution in [0.1, 0.15) is 29.3 Å². The first kappa shape index (κ1) is 19.2. The van der Waals surface area contributed by atoms with E-state index >= 15 is 0 Å². The Morgan fingerprint density at radius 3 is 2.81 bits per heavy atom. The van der Waals surface area contributed by atoms with Crippen LogP contribution >= 0.6 is 11.6 Å². The summed E-state index contributed by atoms with van der Waals surface area (Å²) in [5.74, 6) is 0.825. The van der Waals surface area contributed by atoms with Gasteiger partial charge < -0.3 is 5.32 Å². The molecule has 6 rings (SSSR count). The fraction of sp³-hybridized carbons (Fsp3) is 0.200. The van der Waals surface area contributed by atoms with Crippen LogP contribution in [0.2, 0.25) is 5.02 Å². The zero-order chi connectivity index (χ0) is 21.7. The molecule has 1 unspecified atom stereocenters. The summed E-state index contributed by atoms with van der Waals surface area (Å²) >= 11 is 6.10. The first-order valence-electron chi connectivity index (χ1n) is 10.7. The van der Waals surface area contributed by atoms with Gasteiger partial charge in [-0.1, -0.05) is 28.9 Å². The van der Waals surface area contributed by atoms with Gasteiger partial charge in [-0.3, -0.25) is 0 Å². The number of aryl methyl sites for hydroxylation is 2. The fourth-order valence-electron chi connectivity index (χ4n) is 4.72. The van der Waals surface area contributed by atoms with Crippen molar-refractivity contribution in [2.75, 3.05) is 5.32 Å². The van der Waals surface area contributed by atoms with Crippen molar-refractivity contribution in [1.82, 2.24) is 20.0 Å². The summed E-state index contributed by atoms with van der Waals surface area (Å²) in [5.41, 5.74) is 9.05. The van der Waals surface area contributed by atoms with Crippen molar-refractivity contribution < 1.29 is 0 Å². The highest BCUT2D eigenvalue weighted by Crippen LogP contribution is 2.40. The number of aliphatic imine (C=N–C) groups is 1. The molecule has 0 radical (unpaired) electrons. The second-order valence-electron chi connectivity index (χ2n) is 8.22. The van der Waals surface area contributed by atoms with Gasteiger partial charge in [-0.25, -0.2) is 14.7 Å². The van der Waals surface area contributed by atoms with Crippen molar-refractivity contribution in [2.45, 2.75) is 32.4 Å². The van der Waals surface area contributed by atoms with Gasteiger partial charge >= 0.3 is 0 Å². The number of hydrogen-bond acceptors (Lipinski definition) is 5. The van der Waals surface area contributed by atoms with Crippen molar-refractivity contribution >= 4 is 29.3 Å². The Morgan fingerprint density at radius 2 is 1.94 bits per heavy atom. The summed E-state index contributed by atoms with van der Waals surface area (Å²) in [6.07, 6.45) is 5.49. The molecule has 0 spiro atoms. The fourth-order valence-corrected chi connectivity index (χ4v) is 4.84. The van der Waals surface area contributed by atoms with Gasteiger partial charge in [0.25, 0.3) is 0 Å². The van der Waals surface area contributed by atoms with E-state index < -0.39 is 0 Å². The number of benzene rings is 2. The molecule has 158 valence electrons. The van der Waals surface area contributed by atoms with Crippen LogP contribution < -0.4 is 5.32 Å². The van der Waals surface area contributed by atoms with Crippen LogP contribution in [-0.2, 0) is 13.0 Å². The predicted molar refractivity (Wildman–Crippen MR) is 128 cm³/mol. The highest BCUT2D eigenvalue weighted by atomic mass is 35.5. The van der Waals surface area contributed by atoms with Gasteiger partial charge in [0.05, 0.1) is 17.4 Å². The second kappa shape index (κ2) is 7.57. The number of aromatic nitrogens is 4. The Labute approximate surface area is 191 Å². The molecule has 2 aliphatic rings. The van der Waals surface area contributed by atoms with Crippen LogP contribution in [0.25, 0.3) is 22.4 Å². The molecule has 0 bridgehead atoms. The van der Waals surface area contributed by atoms with Gasteiger partial charge in [0.1, 0.15) is 0 Å². The molecular formula is C25H21ClN6. The average molecular weight is 441 g/mol. The smallest absolute Gasteiger partial charge is 0.155 e. The third kappa shape index (κ3) is 3.19. The van der Waals surface area contributed by atoms with Gasteiger partial charge in [0.2, 0.25) is 0 Å². The third-order valence-corrected chi connectivity index (χ3v) is 6.51. The number of pyridine rings is 1. The Morgan fingerprint density at radius 1 is 1.06 bits per heavy atom. The molecule has 2 aromatic carbocycles.